The van der Waals surface area contributed by atoms with Gasteiger partial charge in [0.05, 0.1) is 14.2 Å². The molecule has 0 saturated heterocycles. The van der Waals surface area contributed by atoms with Crippen LogP contribution >= 0.6 is 0 Å². The highest BCUT2D eigenvalue weighted by molar-refractivity contribution is 5.81. The van der Waals surface area contributed by atoms with Crippen molar-refractivity contribution in [3.63, 3.8) is 0 Å². The number of ether oxygens (including phenoxy) is 2. The maximum atomic E-state index is 10.7. The summed E-state index contributed by atoms with van der Waals surface area (Å²) < 4.78 is 10.5. The van der Waals surface area contributed by atoms with Crippen molar-refractivity contribution >= 4 is 0 Å². The molecule has 0 saturated carbocycles. The van der Waals surface area contributed by atoms with Gasteiger partial charge in [-0.15, -0.1) is 0 Å². The Balaban J connectivity index is 2.29. The normalized spacial score (nSPS) is 14.7. The number of hydrogen-bond donors (Lipinski definition) is 1. The highest BCUT2D eigenvalue weighted by atomic mass is 16.5. The first-order valence-corrected chi connectivity index (χ1v) is 6.17. The Morgan fingerprint density at radius 3 is 1.63 bits per heavy atom. The third kappa shape index (κ3) is 1.62. The number of benzene rings is 2. The van der Waals surface area contributed by atoms with Crippen LogP contribution in [0.2, 0.25) is 0 Å². The molecule has 0 radical (unpaired) electrons. The summed E-state index contributed by atoms with van der Waals surface area (Å²) in [4.78, 5) is 0. The van der Waals surface area contributed by atoms with Gasteiger partial charge in [-0.25, -0.2) is 0 Å². The van der Waals surface area contributed by atoms with E-state index in [1.54, 1.807) is 14.2 Å². The molecule has 1 aliphatic carbocycles. The lowest BCUT2D eigenvalue weighted by Gasteiger charge is -2.20. The van der Waals surface area contributed by atoms with Gasteiger partial charge in [0.15, 0.2) is 0 Å². The van der Waals surface area contributed by atoms with Gasteiger partial charge in [0.25, 0.3) is 0 Å². The zero-order valence-corrected chi connectivity index (χ0v) is 11.2. The van der Waals surface area contributed by atoms with Crippen molar-refractivity contribution in [3.8, 4) is 22.6 Å². The van der Waals surface area contributed by atoms with E-state index in [1.165, 1.54) is 0 Å². The van der Waals surface area contributed by atoms with Gasteiger partial charge in [0, 0.05) is 0 Å². The lowest BCUT2D eigenvalue weighted by Crippen LogP contribution is -2.19. The Morgan fingerprint density at radius 1 is 0.842 bits per heavy atom. The number of fused-ring (bicyclic) bond motifs is 3. The van der Waals surface area contributed by atoms with E-state index >= 15 is 0 Å². The van der Waals surface area contributed by atoms with E-state index < -0.39 is 5.60 Å². The quantitative estimate of drug-likeness (QED) is 0.897. The molecule has 0 spiro atoms. The van der Waals surface area contributed by atoms with Crippen LogP contribution in [0, 0.1) is 0 Å². The third-order valence-electron chi connectivity index (χ3n) is 3.79. The van der Waals surface area contributed by atoms with E-state index in [-0.39, 0.29) is 0 Å². The first kappa shape index (κ1) is 12.1. The van der Waals surface area contributed by atoms with Crippen molar-refractivity contribution in [2.24, 2.45) is 0 Å². The van der Waals surface area contributed by atoms with Crippen molar-refractivity contribution in [1.82, 2.24) is 0 Å². The minimum absolute atomic E-state index is 0.783. The van der Waals surface area contributed by atoms with E-state index in [4.69, 9.17) is 9.47 Å². The van der Waals surface area contributed by atoms with Crippen LogP contribution < -0.4 is 9.47 Å². The molecule has 3 nitrogen and oxygen atoms in total. The molecule has 0 aromatic heterocycles. The molecular weight excluding hydrogens is 240 g/mol. The summed E-state index contributed by atoms with van der Waals surface area (Å²) >= 11 is 0. The van der Waals surface area contributed by atoms with Crippen LogP contribution in [0.1, 0.15) is 18.1 Å². The molecule has 0 atom stereocenters. The second-order valence-electron chi connectivity index (χ2n) is 4.90. The Morgan fingerprint density at radius 2 is 1.26 bits per heavy atom. The Bertz CT molecular complexity index is 589. The molecule has 19 heavy (non-hydrogen) atoms. The molecule has 0 bridgehead atoms. The van der Waals surface area contributed by atoms with Crippen LogP contribution in [0.4, 0.5) is 0 Å². The van der Waals surface area contributed by atoms with E-state index in [2.05, 4.69) is 0 Å². The number of hydrogen-bond acceptors (Lipinski definition) is 3. The Hall–Kier alpha value is -2.00. The first-order chi connectivity index (χ1) is 9.07. The molecular formula is C16H16O3. The standard InChI is InChI=1S/C16H16O3/c1-16(17)14-6-4-10(18-2)8-12(14)13-9-11(19-3)5-7-15(13)16/h4-9,17H,1-3H3. The van der Waals surface area contributed by atoms with Crippen LogP contribution in [0.15, 0.2) is 36.4 Å². The summed E-state index contributed by atoms with van der Waals surface area (Å²) in [7, 11) is 3.28. The van der Waals surface area contributed by atoms with Gasteiger partial charge in [0.1, 0.15) is 17.1 Å². The topological polar surface area (TPSA) is 38.7 Å². The third-order valence-corrected chi connectivity index (χ3v) is 3.79. The second kappa shape index (κ2) is 4.00. The molecule has 0 amide bonds. The van der Waals surface area contributed by atoms with E-state index in [0.717, 1.165) is 33.8 Å². The smallest absolute Gasteiger partial charge is 0.119 e. The van der Waals surface area contributed by atoms with Crippen LogP contribution in [0.25, 0.3) is 11.1 Å². The molecule has 0 heterocycles. The largest absolute Gasteiger partial charge is 0.497 e. The highest BCUT2D eigenvalue weighted by Crippen LogP contribution is 2.49. The number of rotatable bonds is 2. The molecule has 0 unspecified atom stereocenters. The van der Waals surface area contributed by atoms with E-state index in [9.17, 15) is 5.11 Å². The summed E-state index contributed by atoms with van der Waals surface area (Å²) in [6, 6.07) is 11.5. The molecule has 2 aromatic rings. The van der Waals surface area contributed by atoms with Crippen molar-refractivity contribution < 1.29 is 14.6 Å². The second-order valence-corrected chi connectivity index (χ2v) is 4.90. The monoisotopic (exact) mass is 256 g/mol. The van der Waals surface area contributed by atoms with Crippen molar-refractivity contribution in [3.05, 3.63) is 47.5 Å². The average molecular weight is 256 g/mol. The summed E-state index contributed by atoms with van der Waals surface area (Å²) in [6.45, 7) is 1.82. The molecule has 3 heteroatoms. The fourth-order valence-corrected chi connectivity index (χ4v) is 2.74. The summed E-state index contributed by atoms with van der Waals surface area (Å²) in [5.74, 6) is 1.57. The molecule has 0 fully saturated rings. The fraction of sp³-hybridized carbons (Fsp3) is 0.250. The predicted octanol–water partition coefficient (Wildman–Crippen LogP) is 2.94. The van der Waals surface area contributed by atoms with Gasteiger partial charge in [-0.2, -0.15) is 0 Å². The van der Waals surface area contributed by atoms with E-state index in [0.29, 0.717) is 0 Å². The molecule has 0 aliphatic heterocycles. The maximum absolute atomic E-state index is 10.7. The molecule has 2 aromatic carbocycles. The summed E-state index contributed by atoms with van der Waals surface area (Å²) in [5.41, 5.74) is 2.83. The van der Waals surface area contributed by atoms with E-state index in [1.807, 2.05) is 43.3 Å². The first-order valence-electron chi connectivity index (χ1n) is 6.17. The van der Waals surface area contributed by atoms with Gasteiger partial charge in [-0.1, -0.05) is 12.1 Å². The van der Waals surface area contributed by atoms with Crippen LogP contribution in [-0.4, -0.2) is 19.3 Å². The maximum Gasteiger partial charge on any atom is 0.119 e. The average Bonchev–Trinajstić information content (AvgIpc) is 2.66. The van der Waals surface area contributed by atoms with Gasteiger partial charge >= 0.3 is 0 Å². The lowest BCUT2D eigenvalue weighted by molar-refractivity contribution is 0.107. The van der Waals surface area contributed by atoms with Crippen LogP contribution in [-0.2, 0) is 5.60 Å². The molecule has 1 aliphatic rings. The van der Waals surface area contributed by atoms with Gasteiger partial charge in [-0.05, 0) is 53.4 Å². The highest BCUT2D eigenvalue weighted by Gasteiger charge is 2.37. The van der Waals surface area contributed by atoms with Crippen molar-refractivity contribution in [1.29, 1.82) is 0 Å². The van der Waals surface area contributed by atoms with Crippen LogP contribution in [0.5, 0.6) is 11.5 Å². The predicted molar refractivity (Wildman–Crippen MR) is 73.7 cm³/mol. The minimum Gasteiger partial charge on any atom is -0.497 e. The molecule has 1 N–H and O–H groups in total. The van der Waals surface area contributed by atoms with Gasteiger partial charge in [-0.3, -0.25) is 0 Å². The van der Waals surface area contributed by atoms with Gasteiger partial charge in [0.2, 0.25) is 0 Å². The Kier molecular flexibility index (Phi) is 2.54. The summed E-state index contributed by atoms with van der Waals surface area (Å²) in [6.07, 6.45) is 0. The zero-order chi connectivity index (χ0) is 13.6. The van der Waals surface area contributed by atoms with Gasteiger partial charge < -0.3 is 14.6 Å². The fourth-order valence-electron chi connectivity index (χ4n) is 2.74. The molecule has 98 valence electrons. The SMILES string of the molecule is COc1ccc2c(c1)-c1cc(OC)ccc1C2(C)O. The Labute approximate surface area is 112 Å². The van der Waals surface area contributed by atoms with Crippen molar-refractivity contribution in [2.45, 2.75) is 12.5 Å². The van der Waals surface area contributed by atoms with Crippen LogP contribution in [0.3, 0.4) is 0 Å². The zero-order valence-electron chi connectivity index (χ0n) is 11.2. The molecule has 3 rings (SSSR count). The minimum atomic E-state index is -0.969. The lowest BCUT2D eigenvalue weighted by atomic mass is 9.94. The van der Waals surface area contributed by atoms with Crippen molar-refractivity contribution in [2.75, 3.05) is 14.2 Å². The number of methoxy groups -OCH3 is 2. The summed E-state index contributed by atoms with van der Waals surface area (Å²) in [5, 5.41) is 10.7. The number of aliphatic hydroxyl groups is 1.